The summed E-state index contributed by atoms with van der Waals surface area (Å²) in [5.74, 6) is 0.0347. The van der Waals surface area contributed by atoms with Gasteiger partial charge in [0.05, 0.1) is 0 Å². The normalized spacial score (nSPS) is 19.2. The van der Waals surface area contributed by atoms with E-state index in [4.69, 9.17) is 4.74 Å². The quantitative estimate of drug-likeness (QED) is 0.744. The van der Waals surface area contributed by atoms with Gasteiger partial charge in [0.2, 0.25) is 0 Å². The lowest BCUT2D eigenvalue weighted by Crippen LogP contribution is -2.45. The van der Waals surface area contributed by atoms with Crippen molar-refractivity contribution in [2.45, 2.75) is 45.4 Å². The van der Waals surface area contributed by atoms with Crippen molar-refractivity contribution in [3.63, 3.8) is 0 Å². The summed E-state index contributed by atoms with van der Waals surface area (Å²) in [6.45, 7) is 6.16. The van der Waals surface area contributed by atoms with Crippen molar-refractivity contribution in [2.75, 3.05) is 0 Å². The molecule has 4 nitrogen and oxygen atoms in total. The third-order valence-electron chi connectivity index (χ3n) is 2.84. The third-order valence-corrected chi connectivity index (χ3v) is 2.84. The average Bonchev–Trinajstić information content (AvgIpc) is 2.26. The van der Waals surface area contributed by atoms with Crippen molar-refractivity contribution < 1.29 is 14.6 Å². The Bertz CT molecular complexity index is 463. The summed E-state index contributed by atoms with van der Waals surface area (Å²) in [5, 5.41) is 12.5. The first-order valence-corrected chi connectivity index (χ1v) is 6.12. The number of nitrogens with one attached hydrogen (secondary N) is 1. The van der Waals surface area contributed by atoms with Gasteiger partial charge in [0.15, 0.2) is 0 Å². The van der Waals surface area contributed by atoms with Gasteiger partial charge in [-0.15, -0.1) is 0 Å². The maximum atomic E-state index is 12.0. The van der Waals surface area contributed by atoms with Crippen LogP contribution in [0.4, 0.5) is 0 Å². The molecule has 2 N–H and O–H groups in total. The van der Waals surface area contributed by atoms with E-state index in [0.717, 1.165) is 11.1 Å². The van der Waals surface area contributed by atoms with Crippen LogP contribution in [-0.4, -0.2) is 22.7 Å². The van der Waals surface area contributed by atoms with Crippen LogP contribution in [0.3, 0.4) is 0 Å². The number of hydrogen-bond donors (Lipinski definition) is 2. The van der Waals surface area contributed by atoms with Crippen molar-refractivity contribution in [1.82, 2.24) is 5.32 Å². The molecule has 1 aliphatic rings. The second-order valence-corrected chi connectivity index (χ2v) is 5.62. The molecule has 0 amide bonds. The van der Waals surface area contributed by atoms with E-state index in [9.17, 15) is 9.90 Å². The van der Waals surface area contributed by atoms with Crippen LogP contribution in [0.25, 0.3) is 0 Å². The second kappa shape index (κ2) is 4.61. The van der Waals surface area contributed by atoms with Crippen molar-refractivity contribution in [1.29, 1.82) is 0 Å². The summed E-state index contributed by atoms with van der Waals surface area (Å²) in [6, 6.07) is 4.94. The fourth-order valence-corrected chi connectivity index (χ4v) is 2.04. The standard InChI is InChI=1S/C14H19NO3/c1-14(2,3)18-13(17)12-7-9-4-5-11(16)6-10(9)8-15-12/h4-6,12,15-16H,7-8H2,1-3H3/t12-/m0/s1. The van der Waals surface area contributed by atoms with Gasteiger partial charge in [0, 0.05) is 6.54 Å². The summed E-state index contributed by atoms with van der Waals surface area (Å²) in [5.41, 5.74) is 1.66. The molecule has 2 rings (SSSR count). The molecule has 1 heterocycles. The number of esters is 1. The van der Waals surface area contributed by atoms with E-state index in [1.165, 1.54) is 0 Å². The summed E-state index contributed by atoms with van der Waals surface area (Å²) in [7, 11) is 0. The summed E-state index contributed by atoms with van der Waals surface area (Å²) in [6.07, 6.45) is 0.602. The lowest BCUT2D eigenvalue weighted by molar-refractivity contribution is -0.157. The average molecular weight is 249 g/mol. The van der Waals surface area contributed by atoms with E-state index in [0.29, 0.717) is 13.0 Å². The van der Waals surface area contributed by atoms with Gasteiger partial charge in [-0.3, -0.25) is 4.79 Å². The Balaban J connectivity index is 2.08. The van der Waals surface area contributed by atoms with E-state index < -0.39 is 5.60 Å². The Hall–Kier alpha value is -1.55. The molecule has 0 aromatic heterocycles. The Morgan fingerprint density at radius 1 is 1.39 bits per heavy atom. The van der Waals surface area contributed by atoms with Crippen LogP contribution in [0.5, 0.6) is 5.75 Å². The predicted molar refractivity (Wildman–Crippen MR) is 68.3 cm³/mol. The number of benzene rings is 1. The number of aromatic hydroxyl groups is 1. The van der Waals surface area contributed by atoms with Crippen LogP contribution in [0.15, 0.2) is 18.2 Å². The fourth-order valence-electron chi connectivity index (χ4n) is 2.04. The smallest absolute Gasteiger partial charge is 0.324 e. The van der Waals surface area contributed by atoms with Gasteiger partial charge in [-0.1, -0.05) is 6.07 Å². The zero-order chi connectivity index (χ0) is 13.3. The first-order chi connectivity index (χ1) is 8.35. The molecular weight excluding hydrogens is 230 g/mol. The minimum atomic E-state index is -0.464. The molecule has 1 aromatic rings. The summed E-state index contributed by atoms with van der Waals surface area (Å²) < 4.78 is 5.37. The first kappa shape index (κ1) is 12.9. The van der Waals surface area contributed by atoms with Gasteiger partial charge >= 0.3 is 5.97 Å². The predicted octanol–water partition coefficient (Wildman–Crippen LogP) is 1.75. The van der Waals surface area contributed by atoms with Crippen molar-refractivity contribution >= 4 is 5.97 Å². The van der Waals surface area contributed by atoms with Crippen molar-refractivity contribution in [3.8, 4) is 5.75 Å². The lowest BCUT2D eigenvalue weighted by atomic mass is 9.95. The number of carbonyl (C=O) groups is 1. The molecule has 0 unspecified atom stereocenters. The highest BCUT2D eigenvalue weighted by atomic mass is 16.6. The minimum absolute atomic E-state index is 0.221. The molecule has 0 aliphatic carbocycles. The van der Waals surface area contributed by atoms with Gasteiger partial charge in [0.1, 0.15) is 17.4 Å². The number of ether oxygens (including phenoxy) is 1. The van der Waals surface area contributed by atoms with Crippen LogP contribution < -0.4 is 5.32 Å². The molecule has 0 fully saturated rings. The second-order valence-electron chi connectivity index (χ2n) is 5.62. The molecule has 98 valence electrons. The molecule has 0 saturated heterocycles. The Kier molecular flexibility index (Phi) is 3.30. The molecule has 0 radical (unpaired) electrons. The molecule has 1 atom stereocenters. The van der Waals surface area contributed by atoms with Crippen LogP contribution in [0.1, 0.15) is 31.9 Å². The number of carbonyl (C=O) groups excluding carboxylic acids is 1. The molecule has 1 aromatic carbocycles. The van der Waals surface area contributed by atoms with Crippen LogP contribution in [0.2, 0.25) is 0 Å². The van der Waals surface area contributed by atoms with E-state index in [2.05, 4.69) is 5.32 Å². The number of fused-ring (bicyclic) bond motifs is 1. The molecule has 1 aliphatic heterocycles. The zero-order valence-corrected chi connectivity index (χ0v) is 11.0. The van der Waals surface area contributed by atoms with Crippen LogP contribution in [0, 0.1) is 0 Å². The highest BCUT2D eigenvalue weighted by molar-refractivity contribution is 5.77. The Morgan fingerprint density at radius 2 is 2.11 bits per heavy atom. The SMILES string of the molecule is CC(C)(C)OC(=O)[C@@H]1Cc2ccc(O)cc2CN1. The van der Waals surface area contributed by atoms with Gasteiger partial charge < -0.3 is 15.2 Å². The highest BCUT2D eigenvalue weighted by Gasteiger charge is 2.28. The number of phenolic OH excluding ortho intramolecular Hbond substituents is 1. The van der Waals surface area contributed by atoms with Gasteiger partial charge in [0.25, 0.3) is 0 Å². The summed E-state index contributed by atoms with van der Waals surface area (Å²) in [4.78, 5) is 12.0. The molecule has 0 spiro atoms. The molecule has 4 heteroatoms. The number of phenols is 1. The number of rotatable bonds is 1. The number of hydrogen-bond acceptors (Lipinski definition) is 4. The Labute approximate surface area is 107 Å². The molecule has 0 bridgehead atoms. The monoisotopic (exact) mass is 249 g/mol. The molecule has 18 heavy (non-hydrogen) atoms. The molecule has 0 saturated carbocycles. The van der Waals surface area contributed by atoms with Crippen LogP contribution >= 0.6 is 0 Å². The van der Waals surface area contributed by atoms with Crippen molar-refractivity contribution in [2.24, 2.45) is 0 Å². The highest BCUT2D eigenvalue weighted by Crippen LogP contribution is 2.22. The van der Waals surface area contributed by atoms with E-state index in [-0.39, 0.29) is 17.8 Å². The van der Waals surface area contributed by atoms with Gasteiger partial charge in [-0.25, -0.2) is 0 Å². The Morgan fingerprint density at radius 3 is 2.78 bits per heavy atom. The maximum absolute atomic E-state index is 12.0. The first-order valence-electron chi connectivity index (χ1n) is 6.12. The largest absolute Gasteiger partial charge is 0.508 e. The van der Waals surface area contributed by atoms with E-state index in [1.54, 1.807) is 12.1 Å². The van der Waals surface area contributed by atoms with Gasteiger partial charge in [-0.2, -0.15) is 0 Å². The minimum Gasteiger partial charge on any atom is -0.508 e. The topological polar surface area (TPSA) is 58.6 Å². The third kappa shape index (κ3) is 3.01. The molecular formula is C14H19NO3. The van der Waals surface area contributed by atoms with E-state index >= 15 is 0 Å². The van der Waals surface area contributed by atoms with Crippen molar-refractivity contribution in [3.05, 3.63) is 29.3 Å². The van der Waals surface area contributed by atoms with Gasteiger partial charge in [-0.05, 0) is 50.5 Å². The van der Waals surface area contributed by atoms with Crippen LogP contribution in [-0.2, 0) is 22.5 Å². The van der Waals surface area contributed by atoms with E-state index in [1.807, 2.05) is 26.8 Å². The fraction of sp³-hybridized carbons (Fsp3) is 0.500. The maximum Gasteiger partial charge on any atom is 0.324 e. The summed E-state index contributed by atoms with van der Waals surface area (Å²) >= 11 is 0. The lowest BCUT2D eigenvalue weighted by Gasteiger charge is -2.28. The zero-order valence-electron chi connectivity index (χ0n) is 11.0.